The van der Waals surface area contributed by atoms with Crippen LogP contribution in [0.2, 0.25) is 0 Å². The van der Waals surface area contributed by atoms with Crippen LogP contribution in [0.15, 0.2) is 0 Å². The van der Waals surface area contributed by atoms with Gasteiger partial charge in [0.15, 0.2) is 0 Å². The maximum Gasteiger partial charge on any atom is 2.00 e. The van der Waals surface area contributed by atoms with E-state index in [1.165, 1.54) is 38.5 Å². The van der Waals surface area contributed by atoms with E-state index in [9.17, 15) is 0 Å². The van der Waals surface area contributed by atoms with Gasteiger partial charge in [-0.2, -0.15) is 34.9 Å². The average Bonchev–Trinajstić information content (AvgIpc) is 2.82. The summed E-state index contributed by atoms with van der Waals surface area (Å²) >= 11 is 0. The van der Waals surface area contributed by atoms with Crippen LogP contribution < -0.4 is 63.8 Å². The predicted molar refractivity (Wildman–Crippen MR) is 158 cm³/mol. The smallest absolute Gasteiger partial charge is 0.822 e. The zero-order valence-electron chi connectivity index (χ0n) is 26.4. The summed E-state index contributed by atoms with van der Waals surface area (Å²) in [4.78, 5) is 51.3. The van der Waals surface area contributed by atoms with E-state index < -0.39 is 15.6 Å². The number of hydrogen-bond donors (Lipinski definition) is 6. The van der Waals surface area contributed by atoms with Crippen LogP contribution in [-0.2, 0) is 72.3 Å². The van der Waals surface area contributed by atoms with E-state index in [0.29, 0.717) is 0 Å². The standard InChI is InChI=1S/3C4H11N.3C4H10N.2H3O4P.3Pt/c6*1-2-3-4-5;2*1-5(2,3)4;;;/h3*2-5H2,1H3;3*1-5H2;2*(H3,1,2,3,4);;;/q;;;3*-1;;;3*+2/p-6. The SMILES string of the molecule is CCCCN.CCCCN.CCCCN.O=P([O-])([O-])[O-].O=P([O-])([O-])[O-].[CH2-]CCCN.[CH2-]CCCN.[CH2-]CCCN.[Pt+2].[Pt+2].[Pt+2]. The molecule has 0 radical (unpaired) electrons. The van der Waals surface area contributed by atoms with Crippen LogP contribution in [0.1, 0.15) is 97.8 Å². The molecule has 0 rings (SSSR count). The molecule has 0 unspecified atom stereocenters. The Morgan fingerprint density at radius 1 is 0.419 bits per heavy atom. The van der Waals surface area contributed by atoms with E-state index >= 15 is 0 Å². The van der Waals surface area contributed by atoms with Gasteiger partial charge in [-0.3, -0.25) is 0 Å². The van der Waals surface area contributed by atoms with E-state index in [4.69, 9.17) is 72.9 Å². The number of rotatable bonds is 12. The quantitative estimate of drug-likeness (QED) is 0.0934. The first-order chi connectivity index (χ1) is 18.5. The second-order valence-corrected chi connectivity index (χ2v) is 9.10. The van der Waals surface area contributed by atoms with Crippen molar-refractivity contribution in [2.24, 2.45) is 34.4 Å². The normalized spacial score (nSPS) is 8.60. The van der Waals surface area contributed by atoms with Crippen molar-refractivity contribution in [1.29, 1.82) is 0 Å². The molecule has 0 heterocycles. The van der Waals surface area contributed by atoms with Crippen LogP contribution in [0.3, 0.4) is 0 Å². The molecule has 0 saturated heterocycles. The maximum absolute atomic E-state index is 8.55. The van der Waals surface area contributed by atoms with Gasteiger partial charge in [0.2, 0.25) is 0 Å². The first-order valence-corrected chi connectivity index (χ1v) is 16.5. The summed E-state index contributed by atoms with van der Waals surface area (Å²) in [7, 11) is -10.8. The molecule has 0 fully saturated rings. The molecular formula is C24H63N6O8P2Pt3-3. The van der Waals surface area contributed by atoms with Crippen molar-refractivity contribution in [2.45, 2.75) is 97.8 Å². The van der Waals surface area contributed by atoms with Crippen LogP contribution in [0.25, 0.3) is 0 Å². The van der Waals surface area contributed by atoms with Crippen LogP contribution in [0, 0.1) is 20.8 Å². The largest absolute Gasteiger partial charge is 2.00 e. The van der Waals surface area contributed by atoms with E-state index in [1.807, 2.05) is 0 Å². The number of unbranched alkanes of at least 4 members (excludes halogenated alkanes) is 6. The van der Waals surface area contributed by atoms with Crippen LogP contribution in [0.4, 0.5) is 0 Å². The van der Waals surface area contributed by atoms with Crippen molar-refractivity contribution in [3.05, 3.63) is 20.8 Å². The minimum absolute atomic E-state index is 0. The predicted octanol–water partition coefficient (Wildman–Crippen LogP) is -1.74. The zero-order chi connectivity index (χ0) is 33.7. The van der Waals surface area contributed by atoms with Gasteiger partial charge in [0.25, 0.3) is 0 Å². The van der Waals surface area contributed by atoms with Gasteiger partial charge in [0, 0.05) is 0 Å². The summed E-state index contributed by atoms with van der Waals surface area (Å²) < 4.78 is 17.1. The second-order valence-electron chi connectivity index (χ2n) is 7.31. The molecule has 0 atom stereocenters. The molecule has 0 aliphatic rings. The van der Waals surface area contributed by atoms with Crippen molar-refractivity contribution in [2.75, 3.05) is 39.3 Å². The van der Waals surface area contributed by atoms with E-state index in [2.05, 4.69) is 41.5 Å². The van der Waals surface area contributed by atoms with Gasteiger partial charge in [-0.15, -0.1) is 0 Å². The Morgan fingerprint density at radius 3 is 0.535 bits per heavy atom. The Hall–Kier alpha value is 2.04. The molecule has 0 aromatic rings. The summed E-state index contributed by atoms with van der Waals surface area (Å²) in [6.45, 7) is 22.1. The molecule has 0 aromatic carbocycles. The molecule has 0 spiro atoms. The van der Waals surface area contributed by atoms with E-state index in [-0.39, 0.29) is 63.2 Å². The van der Waals surface area contributed by atoms with Crippen molar-refractivity contribution >= 4 is 15.6 Å². The number of phosphoric acid groups is 2. The summed E-state index contributed by atoms with van der Waals surface area (Å²) in [5, 5.41) is 0. The zero-order valence-corrected chi connectivity index (χ0v) is 35.0. The third-order valence-electron chi connectivity index (χ3n) is 3.04. The van der Waals surface area contributed by atoms with Gasteiger partial charge in [-0.25, -0.2) is 0 Å². The fourth-order valence-electron chi connectivity index (χ4n) is 1.05. The van der Waals surface area contributed by atoms with Gasteiger partial charge in [0.05, 0.1) is 0 Å². The Morgan fingerprint density at radius 2 is 0.535 bits per heavy atom. The monoisotopic (exact) mass is 1210 g/mol. The third kappa shape index (κ3) is 395. The van der Waals surface area contributed by atoms with Gasteiger partial charge < -0.3 is 93.7 Å². The van der Waals surface area contributed by atoms with Crippen molar-refractivity contribution in [3.8, 4) is 0 Å². The fourth-order valence-corrected chi connectivity index (χ4v) is 1.05. The Kier molecular flexibility index (Phi) is 139. The van der Waals surface area contributed by atoms with Crippen LogP contribution in [-0.4, -0.2) is 39.3 Å². The maximum atomic E-state index is 8.55. The summed E-state index contributed by atoms with van der Waals surface area (Å²) in [6.07, 6.45) is 13.2. The number of nitrogens with two attached hydrogens (primary N) is 6. The van der Waals surface area contributed by atoms with Gasteiger partial charge in [-0.1, -0.05) is 59.3 Å². The fraction of sp³-hybridized carbons (Fsp3) is 0.875. The average molecular weight is 1210 g/mol. The van der Waals surface area contributed by atoms with Crippen LogP contribution in [0.5, 0.6) is 0 Å². The summed E-state index contributed by atoms with van der Waals surface area (Å²) in [5.74, 6) is 0. The van der Waals surface area contributed by atoms with Crippen molar-refractivity contribution in [3.63, 3.8) is 0 Å². The van der Waals surface area contributed by atoms with E-state index in [0.717, 1.165) is 77.8 Å². The minimum atomic E-state index is -5.39. The van der Waals surface area contributed by atoms with E-state index in [1.54, 1.807) is 0 Å². The second kappa shape index (κ2) is 79.5. The molecule has 0 aliphatic heterocycles. The molecule has 0 bridgehead atoms. The molecule has 12 N–H and O–H groups in total. The summed E-state index contributed by atoms with van der Waals surface area (Å²) in [6, 6.07) is 0. The molecule has 0 saturated carbocycles. The van der Waals surface area contributed by atoms with Crippen LogP contribution >= 0.6 is 15.6 Å². The molecule has 0 aromatic heterocycles. The molecule has 0 aliphatic carbocycles. The molecular weight excluding hydrogens is 1150 g/mol. The molecule has 43 heavy (non-hydrogen) atoms. The summed E-state index contributed by atoms with van der Waals surface area (Å²) in [5.41, 5.74) is 30.7. The van der Waals surface area contributed by atoms with Gasteiger partial charge >= 0.3 is 63.2 Å². The molecule has 19 heteroatoms. The first kappa shape index (κ1) is 75.4. The van der Waals surface area contributed by atoms with Gasteiger partial charge in [-0.05, 0) is 58.5 Å². The van der Waals surface area contributed by atoms with Crippen molar-refractivity contribution in [1.82, 2.24) is 0 Å². The Balaban J connectivity index is -0.0000000299. The third-order valence-corrected chi connectivity index (χ3v) is 3.04. The molecule has 0 amide bonds. The number of hydrogen-bond acceptors (Lipinski definition) is 14. The Bertz CT molecular complexity index is 357. The first-order valence-electron chi connectivity index (χ1n) is 13.5. The van der Waals surface area contributed by atoms with Gasteiger partial charge in [0.1, 0.15) is 0 Å². The molecule has 280 valence electrons. The topological polar surface area (TPSA) is 329 Å². The minimum Gasteiger partial charge on any atom is -0.822 e. The Labute approximate surface area is 307 Å². The van der Waals surface area contributed by atoms with Crippen molar-refractivity contribution < 1.29 is 102 Å². The molecule has 14 nitrogen and oxygen atoms in total.